The fourth-order valence-corrected chi connectivity index (χ4v) is 3.35. The van der Waals surface area contributed by atoms with Gasteiger partial charge in [0, 0.05) is 17.8 Å². The van der Waals surface area contributed by atoms with Gasteiger partial charge >= 0.3 is 0 Å². The van der Waals surface area contributed by atoms with Crippen molar-refractivity contribution in [2.75, 3.05) is 19.5 Å². The molecule has 0 radical (unpaired) electrons. The Bertz CT molecular complexity index is 532. The van der Waals surface area contributed by atoms with Crippen LogP contribution in [0.3, 0.4) is 0 Å². The molecule has 1 heterocycles. The van der Waals surface area contributed by atoms with Gasteiger partial charge in [0.05, 0.1) is 35.6 Å². The lowest BCUT2D eigenvalue weighted by molar-refractivity contribution is 0.182. The van der Waals surface area contributed by atoms with Gasteiger partial charge in [-0.25, -0.2) is 0 Å². The van der Waals surface area contributed by atoms with Crippen LogP contribution in [0.4, 0.5) is 0 Å². The topological polar surface area (TPSA) is 53.1 Å². The number of nitrogens with zero attached hydrogens (tertiary/aromatic N) is 2. The molecule has 1 unspecified atom stereocenters. The summed E-state index contributed by atoms with van der Waals surface area (Å²) in [4.78, 5) is 1.22. The summed E-state index contributed by atoms with van der Waals surface area (Å²) in [7, 11) is 1.68. The van der Waals surface area contributed by atoms with Crippen LogP contribution >= 0.6 is 27.7 Å². The van der Waals surface area contributed by atoms with Crippen molar-refractivity contribution < 1.29 is 4.74 Å². The van der Waals surface area contributed by atoms with Crippen LogP contribution < -0.4 is 5.73 Å². The predicted molar refractivity (Wildman–Crippen MR) is 85.9 cm³/mol. The Kier molecular flexibility index (Phi) is 6.09. The van der Waals surface area contributed by atoms with Crippen LogP contribution in [0.15, 0.2) is 45.9 Å². The van der Waals surface area contributed by atoms with Crippen molar-refractivity contribution in [3.8, 4) is 0 Å². The maximum atomic E-state index is 6.31. The number of methoxy groups -OCH3 is 1. The molecular weight excluding hydrogens is 338 g/mol. The first kappa shape index (κ1) is 15.6. The first-order valence-corrected chi connectivity index (χ1v) is 8.13. The van der Waals surface area contributed by atoms with Crippen molar-refractivity contribution in [3.05, 3.63) is 46.7 Å². The summed E-state index contributed by atoms with van der Waals surface area (Å²) in [5.74, 6) is 0.807. The highest BCUT2D eigenvalue weighted by atomic mass is 79.9. The van der Waals surface area contributed by atoms with Crippen molar-refractivity contribution >= 4 is 27.7 Å². The molecule has 6 heteroatoms. The largest absolute Gasteiger partial charge is 0.383 e. The Morgan fingerprint density at radius 3 is 2.85 bits per heavy atom. The molecule has 1 aromatic carbocycles. The number of nitrogens with two attached hydrogens (primary N) is 1. The number of halogens is 1. The lowest BCUT2D eigenvalue weighted by Gasteiger charge is -2.14. The summed E-state index contributed by atoms with van der Waals surface area (Å²) in [5, 5.41) is 4.33. The molecule has 4 nitrogen and oxygen atoms in total. The maximum Gasteiger partial charge on any atom is 0.0703 e. The van der Waals surface area contributed by atoms with Crippen LogP contribution in [0.5, 0.6) is 0 Å². The fourth-order valence-electron chi connectivity index (χ4n) is 1.88. The normalized spacial score (nSPS) is 12.6. The molecule has 0 aliphatic heterocycles. The number of benzene rings is 1. The van der Waals surface area contributed by atoms with Crippen LogP contribution in [0.2, 0.25) is 0 Å². The molecule has 0 amide bonds. The molecule has 1 aromatic heterocycles. The second-order valence-electron chi connectivity index (χ2n) is 4.32. The van der Waals surface area contributed by atoms with Gasteiger partial charge in [-0.3, -0.25) is 4.68 Å². The van der Waals surface area contributed by atoms with Crippen LogP contribution in [0.1, 0.15) is 11.7 Å². The van der Waals surface area contributed by atoms with Gasteiger partial charge in [0.1, 0.15) is 0 Å². The average molecular weight is 356 g/mol. The molecule has 0 spiro atoms. The number of hydrogen-bond donors (Lipinski definition) is 1. The maximum absolute atomic E-state index is 6.31. The monoisotopic (exact) mass is 355 g/mol. The van der Waals surface area contributed by atoms with Crippen molar-refractivity contribution in [2.24, 2.45) is 5.73 Å². The molecule has 0 fully saturated rings. The average Bonchev–Trinajstić information content (AvgIpc) is 2.84. The summed E-state index contributed by atoms with van der Waals surface area (Å²) in [6.45, 7) is 1.33. The zero-order valence-electron chi connectivity index (χ0n) is 11.3. The zero-order valence-corrected chi connectivity index (χ0v) is 13.7. The van der Waals surface area contributed by atoms with E-state index in [0.29, 0.717) is 13.2 Å². The molecule has 20 heavy (non-hydrogen) atoms. The Balaban J connectivity index is 2.01. The number of rotatable bonds is 7. The number of aromatic nitrogens is 2. The Morgan fingerprint density at radius 1 is 1.40 bits per heavy atom. The minimum Gasteiger partial charge on any atom is -0.383 e. The van der Waals surface area contributed by atoms with Crippen LogP contribution in [-0.4, -0.2) is 29.3 Å². The number of ether oxygens (including phenoxy) is 1. The molecule has 0 saturated heterocycles. The van der Waals surface area contributed by atoms with Crippen LogP contribution in [-0.2, 0) is 11.3 Å². The van der Waals surface area contributed by atoms with Gasteiger partial charge in [-0.05, 0) is 28.1 Å². The van der Waals surface area contributed by atoms with Crippen LogP contribution in [0.25, 0.3) is 0 Å². The van der Waals surface area contributed by atoms with E-state index >= 15 is 0 Å². The molecule has 0 aliphatic rings. The quantitative estimate of drug-likeness (QED) is 0.775. The lowest BCUT2D eigenvalue weighted by atomic mass is 10.2. The smallest absolute Gasteiger partial charge is 0.0703 e. The Labute approximate surface area is 131 Å². The van der Waals surface area contributed by atoms with Crippen molar-refractivity contribution in [2.45, 2.75) is 17.5 Å². The number of thioether (sulfide) groups is 1. The highest BCUT2D eigenvalue weighted by Gasteiger charge is 2.16. The summed E-state index contributed by atoms with van der Waals surface area (Å²) < 4.78 is 7.96. The summed E-state index contributed by atoms with van der Waals surface area (Å²) >= 11 is 5.27. The van der Waals surface area contributed by atoms with E-state index in [1.54, 1.807) is 25.1 Å². The minimum atomic E-state index is -0.0751. The van der Waals surface area contributed by atoms with Gasteiger partial charge in [0.15, 0.2) is 0 Å². The molecule has 0 aliphatic carbocycles. The molecule has 1 atom stereocenters. The first-order chi connectivity index (χ1) is 9.72. The second-order valence-corrected chi connectivity index (χ2v) is 6.27. The van der Waals surface area contributed by atoms with E-state index in [-0.39, 0.29) is 6.04 Å². The van der Waals surface area contributed by atoms with Crippen LogP contribution in [0, 0.1) is 0 Å². The third-order valence-electron chi connectivity index (χ3n) is 2.86. The molecular formula is C14H18BrN3OS. The third kappa shape index (κ3) is 4.09. The fraction of sp³-hybridized carbons (Fsp3) is 0.357. The van der Waals surface area contributed by atoms with E-state index in [9.17, 15) is 0 Å². The van der Waals surface area contributed by atoms with E-state index in [1.165, 1.54) is 4.90 Å². The van der Waals surface area contributed by atoms with E-state index in [4.69, 9.17) is 10.5 Å². The van der Waals surface area contributed by atoms with Crippen molar-refractivity contribution in [1.29, 1.82) is 0 Å². The summed E-state index contributed by atoms with van der Waals surface area (Å²) in [5.41, 5.74) is 7.33. The van der Waals surface area contributed by atoms with Gasteiger partial charge < -0.3 is 10.5 Å². The third-order valence-corrected chi connectivity index (χ3v) is 4.61. The highest BCUT2D eigenvalue weighted by Crippen LogP contribution is 2.27. The van der Waals surface area contributed by atoms with Gasteiger partial charge in [0.2, 0.25) is 0 Å². The molecule has 2 rings (SSSR count). The Morgan fingerprint density at radius 2 is 2.15 bits per heavy atom. The van der Waals surface area contributed by atoms with E-state index in [2.05, 4.69) is 33.2 Å². The van der Waals surface area contributed by atoms with E-state index in [1.807, 2.05) is 22.9 Å². The predicted octanol–water partition coefficient (Wildman–Crippen LogP) is 3.08. The summed E-state index contributed by atoms with van der Waals surface area (Å²) in [6, 6.07) is 10.2. The van der Waals surface area contributed by atoms with Gasteiger partial charge in [-0.1, -0.05) is 18.2 Å². The molecule has 108 valence electrons. The SMILES string of the molecule is COCCn1ncc(Br)c1C(N)CSc1ccccc1. The van der Waals surface area contributed by atoms with Gasteiger partial charge in [-0.15, -0.1) is 11.8 Å². The second kappa shape index (κ2) is 7.83. The Hall–Kier alpha value is -0.820. The van der Waals surface area contributed by atoms with Gasteiger partial charge in [0.25, 0.3) is 0 Å². The van der Waals surface area contributed by atoms with Gasteiger partial charge in [-0.2, -0.15) is 5.10 Å². The standard InChI is InChI=1S/C14H18BrN3OS/c1-19-8-7-18-14(12(15)9-17-18)13(16)10-20-11-5-3-2-4-6-11/h2-6,9,13H,7-8,10,16H2,1H3. The molecule has 0 saturated carbocycles. The van der Waals surface area contributed by atoms with E-state index in [0.717, 1.165) is 15.9 Å². The molecule has 2 aromatic rings. The number of hydrogen-bond acceptors (Lipinski definition) is 4. The van der Waals surface area contributed by atoms with Crippen molar-refractivity contribution in [3.63, 3.8) is 0 Å². The summed E-state index contributed by atoms with van der Waals surface area (Å²) in [6.07, 6.45) is 1.79. The lowest BCUT2D eigenvalue weighted by Crippen LogP contribution is -2.20. The first-order valence-electron chi connectivity index (χ1n) is 6.36. The zero-order chi connectivity index (χ0) is 14.4. The molecule has 0 bridgehead atoms. The minimum absolute atomic E-state index is 0.0751. The highest BCUT2D eigenvalue weighted by molar-refractivity contribution is 9.10. The molecule has 2 N–H and O–H groups in total. The van der Waals surface area contributed by atoms with Crippen molar-refractivity contribution in [1.82, 2.24) is 9.78 Å². The van der Waals surface area contributed by atoms with E-state index < -0.39 is 0 Å².